The Labute approximate surface area is 157 Å². The fourth-order valence-corrected chi connectivity index (χ4v) is 3.50. The fraction of sp³-hybridized carbons (Fsp3) is 0.368. The van der Waals surface area contributed by atoms with Gasteiger partial charge in [0.25, 0.3) is 5.91 Å². The summed E-state index contributed by atoms with van der Waals surface area (Å²) in [7, 11) is 0. The van der Waals surface area contributed by atoms with E-state index < -0.39 is 12.1 Å². The number of carbonyl (C=O) groups excluding carboxylic acids is 1. The number of aliphatic hydroxyl groups excluding tert-OH is 1. The Morgan fingerprint density at radius 3 is 2.77 bits per heavy atom. The molecule has 0 saturated carbocycles. The average Bonchev–Trinajstić information content (AvgIpc) is 3.05. The first-order valence-corrected chi connectivity index (χ1v) is 9.09. The van der Waals surface area contributed by atoms with Gasteiger partial charge < -0.3 is 15.7 Å². The van der Waals surface area contributed by atoms with Gasteiger partial charge in [-0.2, -0.15) is 5.10 Å². The molecule has 3 rings (SSSR count). The first-order chi connectivity index (χ1) is 12.5. The van der Waals surface area contributed by atoms with Crippen LogP contribution >= 0.6 is 11.6 Å². The highest BCUT2D eigenvalue weighted by molar-refractivity contribution is 6.31. The third kappa shape index (κ3) is 3.22. The maximum Gasteiger partial charge on any atom is 0.254 e. The van der Waals surface area contributed by atoms with Crippen molar-refractivity contribution in [2.45, 2.75) is 39.3 Å². The number of aromatic nitrogens is 2. The van der Waals surface area contributed by atoms with Gasteiger partial charge in [0.05, 0.1) is 6.20 Å². The summed E-state index contributed by atoms with van der Waals surface area (Å²) in [6.45, 7) is 4.77. The molecule has 1 aromatic carbocycles. The molecule has 0 saturated heterocycles. The van der Waals surface area contributed by atoms with Gasteiger partial charge in [-0.1, -0.05) is 43.1 Å². The maximum atomic E-state index is 11.8. The molecule has 0 fully saturated rings. The normalized spacial score (nSPS) is 16.8. The van der Waals surface area contributed by atoms with Crippen molar-refractivity contribution in [3.63, 3.8) is 0 Å². The topological polar surface area (TPSA) is 84.4 Å². The van der Waals surface area contributed by atoms with Gasteiger partial charge in [0.1, 0.15) is 11.4 Å². The van der Waals surface area contributed by atoms with Gasteiger partial charge in [0.2, 0.25) is 0 Å². The Bertz CT molecular complexity index is 859. The number of benzene rings is 1. The zero-order valence-electron chi connectivity index (χ0n) is 14.9. The van der Waals surface area contributed by atoms with Gasteiger partial charge in [0, 0.05) is 29.3 Å². The smallest absolute Gasteiger partial charge is 0.254 e. The lowest BCUT2D eigenvalue weighted by molar-refractivity contribution is 0.0999. The zero-order chi connectivity index (χ0) is 18.8. The number of halogens is 1. The second-order valence-electron chi connectivity index (χ2n) is 6.45. The van der Waals surface area contributed by atoms with E-state index in [1.165, 1.54) is 10.9 Å². The van der Waals surface area contributed by atoms with Crippen molar-refractivity contribution in [2.24, 2.45) is 5.73 Å². The van der Waals surface area contributed by atoms with Crippen LogP contribution in [-0.4, -0.2) is 27.3 Å². The zero-order valence-corrected chi connectivity index (χ0v) is 15.7. The molecule has 6 nitrogen and oxygen atoms in total. The summed E-state index contributed by atoms with van der Waals surface area (Å²) in [6.07, 6.45) is 2.90. The van der Waals surface area contributed by atoms with E-state index in [4.69, 9.17) is 17.3 Å². The van der Waals surface area contributed by atoms with E-state index in [1.807, 2.05) is 36.1 Å². The van der Waals surface area contributed by atoms with Crippen LogP contribution in [0.2, 0.25) is 5.02 Å². The SMILES string of the molecule is CCCCN1C(C)=C(Cc2ccccc2Cl)C(O)n2ncc(C(N)=O)c21. The minimum absolute atomic E-state index is 0.316. The molecule has 1 aliphatic heterocycles. The molecule has 1 aromatic heterocycles. The largest absolute Gasteiger partial charge is 0.368 e. The third-order valence-electron chi connectivity index (χ3n) is 4.78. The van der Waals surface area contributed by atoms with Crippen LogP contribution in [0.1, 0.15) is 48.8 Å². The summed E-state index contributed by atoms with van der Waals surface area (Å²) in [4.78, 5) is 13.8. The fourth-order valence-electron chi connectivity index (χ4n) is 3.30. The number of fused-ring (bicyclic) bond motifs is 1. The third-order valence-corrected chi connectivity index (χ3v) is 5.15. The molecule has 1 aliphatic rings. The molecule has 2 heterocycles. The summed E-state index contributed by atoms with van der Waals surface area (Å²) >= 11 is 6.30. The summed E-state index contributed by atoms with van der Waals surface area (Å²) < 4.78 is 1.47. The van der Waals surface area contributed by atoms with Crippen molar-refractivity contribution >= 4 is 23.3 Å². The Hall–Kier alpha value is -2.31. The molecule has 7 heteroatoms. The van der Waals surface area contributed by atoms with Crippen LogP contribution in [0, 0.1) is 0 Å². The van der Waals surface area contributed by atoms with Gasteiger partial charge in [-0.25, -0.2) is 4.68 Å². The summed E-state index contributed by atoms with van der Waals surface area (Å²) in [5.41, 5.74) is 8.47. The molecule has 0 aliphatic carbocycles. The van der Waals surface area contributed by atoms with E-state index >= 15 is 0 Å². The van der Waals surface area contributed by atoms with Crippen molar-refractivity contribution in [3.05, 3.63) is 57.9 Å². The highest BCUT2D eigenvalue weighted by Gasteiger charge is 2.33. The van der Waals surface area contributed by atoms with Crippen LogP contribution in [0.4, 0.5) is 5.82 Å². The molecular formula is C19H23ClN4O2. The lowest BCUT2D eigenvalue weighted by Crippen LogP contribution is -2.35. The predicted molar refractivity (Wildman–Crippen MR) is 102 cm³/mol. The summed E-state index contributed by atoms with van der Waals surface area (Å²) in [6, 6.07) is 7.58. The number of hydrogen-bond acceptors (Lipinski definition) is 4. The quantitative estimate of drug-likeness (QED) is 0.812. The molecule has 2 aromatic rings. The maximum absolute atomic E-state index is 11.8. The van der Waals surface area contributed by atoms with Gasteiger partial charge in [-0.05, 0) is 25.0 Å². The molecule has 1 unspecified atom stereocenters. The molecule has 0 bridgehead atoms. The number of rotatable bonds is 6. The summed E-state index contributed by atoms with van der Waals surface area (Å²) in [5.74, 6) is 0.00107. The van der Waals surface area contributed by atoms with Crippen LogP contribution in [0.15, 0.2) is 41.7 Å². The molecule has 26 heavy (non-hydrogen) atoms. The molecule has 3 N–H and O–H groups in total. The Balaban J connectivity index is 2.07. The van der Waals surface area contributed by atoms with Crippen LogP contribution in [0.3, 0.4) is 0 Å². The molecular weight excluding hydrogens is 352 g/mol. The van der Waals surface area contributed by atoms with Crippen LogP contribution in [0.25, 0.3) is 0 Å². The number of hydrogen-bond donors (Lipinski definition) is 2. The molecule has 1 atom stereocenters. The van der Waals surface area contributed by atoms with E-state index in [0.29, 0.717) is 29.4 Å². The van der Waals surface area contributed by atoms with Crippen molar-refractivity contribution in [1.82, 2.24) is 9.78 Å². The summed E-state index contributed by atoms with van der Waals surface area (Å²) in [5, 5.41) is 15.8. The Morgan fingerprint density at radius 1 is 1.38 bits per heavy atom. The molecule has 0 radical (unpaired) electrons. The van der Waals surface area contributed by atoms with Crippen LogP contribution < -0.4 is 10.6 Å². The number of primary amides is 1. The minimum Gasteiger partial charge on any atom is -0.368 e. The first kappa shape index (κ1) is 18.5. The second-order valence-corrected chi connectivity index (χ2v) is 6.86. The van der Waals surface area contributed by atoms with E-state index in [0.717, 1.165) is 29.7 Å². The Morgan fingerprint density at radius 2 is 2.12 bits per heavy atom. The van der Waals surface area contributed by atoms with Crippen molar-refractivity contribution in [2.75, 3.05) is 11.4 Å². The number of nitrogens with two attached hydrogens (primary N) is 1. The second kappa shape index (κ2) is 7.51. The van der Waals surface area contributed by atoms with E-state index in [-0.39, 0.29) is 0 Å². The van der Waals surface area contributed by atoms with Crippen LogP contribution in [0.5, 0.6) is 0 Å². The monoisotopic (exact) mass is 374 g/mol. The number of carbonyl (C=O) groups is 1. The number of aliphatic hydroxyl groups is 1. The number of allylic oxidation sites excluding steroid dienone is 1. The van der Waals surface area contributed by atoms with Crippen LogP contribution in [-0.2, 0) is 6.42 Å². The van der Waals surface area contributed by atoms with Crippen molar-refractivity contribution in [1.29, 1.82) is 0 Å². The van der Waals surface area contributed by atoms with Crippen molar-refractivity contribution < 1.29 is 9.90 Å². The van der Waals surface area contributed by atoms with Gasteiger partial charge in [-0.3, -0.25) is 4.79 Å². The standard InChI is InChI=1S/C19H23ClN4O2/c1-3-4-9-23-12(2)14(10-13-7-5-6-8-16(13)20)19(26)24-18(23)15(11-22-24)17(21)25/h5-8,11,19,26H,3-4,9-10H2,1-2H3,(H2,21,25). The molecule has 0 spiro atoms. The first-order valence-electron chi connectivity index (χ1n) is 8.71. The van der Waals surface area contributed by atoms with E-state index in [2.05, 4.69) is 12.0 Å². The highest BCUT2D eigenvalue weighted by atomic mass is 35.5. The number of unbranched alkanes of at least 4 members (excludes halogenated alkanes) is 1. The van der Waals surface area contributed by atoms with E-state index in [9.17, 15) is 9.90 Å². The Kier molecular flexibility index (Phi) is 5.34. The average molecular weight is 375 g/mol. The lowest BCUT2D eigenvalue weighted by Gasteiger charge is -2.36. The lowest BCUT2D eigenvalue weighted by atomic mass is 9.99. The van der Waals surface area contributed by atoms with Gasteiger partial charge >= 0.3 is 0 Å². The highest BCUT2D eigenvalue weighted by Crippen LogP contribution is 2.38. The number of anilines is 1. The van der Waals surface area contributed by atoms with Gasteiger partial charge in [0.15, 0.2) is 6.23 Å². The number of amides is 1. The number of nitrogens with zero attached hydrogens (tertiary/aromatic N) is 3. The van der Waals surface area contributed by atoms with Crippen molar-refractivity contribution in [3.8, 4) is 0 Å². The predicted octanol–water partition coefficient (Wildman–Crippen LogP) is 3.26. The molecule has 1 amide bonds. The minimum atomic E-state index is -0.966. The van der Waals surface area contributed by atoms with Gasteiger partial charge in [-0.15, -0.1) is 0 Å². The molecule has 138 valence electrons. The van der Waals surface area contributed by atoms with E-state index in [1.54, 1.807) is 0 Å².